The van der Waals surface area contributed by atoms with Crippen LogP contribution < -0.4 is 0 Å². The van der Waals surface area contributed by atoms with Crippen LogP contribution in [0.4, 0.5) is 0 Å². The van der Waals surface area contributed by atoms with Gasteiger partial charge in [-0.05, 0) is 17.8 Å². The first kappa shape index (κ1) is 9.68. The highest BCUT2D eigenvalue weighted by atomic mass is 32.2. The normalized spacial score (nSPS) is 9.87. The molecule has 0 radical (unpaired) electrons. The average Bonchev–Trinajstić information content (AvgIpc) is 2.65. The van der Waals surface area contributed by atoms with Crippen molar-refractivity contribution in [3.8, 4) is 6.07 Å². The number of nitrogens with zero attached hydrogens (tertiary/aromatic N) is 4. The number of hydrogen-bond donors (Lipinski definition) is 0. The Morgan fingerprint density at radius 1 is 1.47 bits per heavy atom. The van der Waals surface area contributed by atoms with E-state index in [2.05, 4.69) is 21.3 Å². The van der Waals surface area contributed by atoms with Crippen molar-refractivity contribution in [3.05, 3.63) is 29.9 Å². The van der Waals surface area contributed by atoms with Crippen molar-refractivity contribution in [1.82, 2.24) is 15.2 Å². The van der Waals surface area contributed by atoms with Gasteiger partial charge in [0.1, 0.15) is 6.07 Å². The predicted molar refractivity (Wildman–Crippen MR) is 52.1 cm³/mol. The summed E-state index contributed by atoms with van der Waals surface area (Å²) in [4.78, 5) is 4.65. The van der Waals surface area contributed by atoms with E-state index in [4.69, 9.17) is 9.68 Å². The van der Waals surface area contributed by atoms with Crippen LogP contribution in [0.2, 0.25) is 0 Å². The minimum absolute atomic E-state index is 0.414. The second-order valence-corrected chi connectivity index (χ2v) is 3.67. The van der Waals surface area contributed by atoms with Crippen molar-refractivity contribution < 1.29 is 4.42 Å². The van der Waals surface area contributed by atoms with Gasteiger partial charge in [0.2, 0.25) is 5.89 Å². The summed E-state index contributed by atoms with van der Waals surface area (Å²) in [7, 11) is 0. The summed E-state index contributed by atoms with van der Waals surface area (Å²) in [5.41, 5.74) is 0.547. The third-order valence-electron chi connectivity index (χ3n) is 1.61. The summed E-state index contributed by atoms with van der Waals surface area (Å²) in [6.07, 6.45) is 3.17. The van der Waals surface area contributed by atoms with Gasteiger partial charge < -0.3 is 4.42 Å². The minimum atomic E-state index is 0.414. The topological polar surface area (TPSA) is 75.6 Å². The fourth-order valence-electron chi connectivity index (χ4n) is 0.967. The van der Waals surface area contributed by atoms with Gasteiger partial charge in [-0.1, -0.05) is 0 Å². The van der Waals surface area contributed by atoms with Gasteiger partial charge in [0.25, 0.3) is 5.22 Å². The lowest BCUT2D eigenvalue weighted by atomic mass is 10.3. The molecule has 74 valence electrons. The fraction of sp³-hybridized carbons (Fsp3) is 0.111. The van der Waals surface area contributed by atoms with E-state index in [1.54, 1.807) is 25.4 Å². The SMILES string of the molecule is Cc1nnc(Sc2cnccc2C#N)o1. The summed E-state index contributed by atoms with van der Waals surface area (Å²) in [5, 5.41) is 16.8. The second-order valence-electron chi connectivity index (χ2n) is 2.67. The van der Waals surface area contributed by atoms with Crippen LogP contribution in [0.1, 0.15) is 11.5 Å². The van der Waals surface area contributed by atoms with E-state index in [9.17, 15) is 0 Å². The van der Waals surface area contributed by atoms with E-state index in [0.29, 0.717) is 21.6 Å². The fourth-order valence-corrected chi connectivity index (χ4v) is 1.74. The molecule has 0 saturated carbocycles. The molecule has 6 heteroatoms. The van der Waals surface area contributed by atoms with E-state index in [0.717, 1.165) is 0 Å². The van der Waals surface area contributed by atoms with Crippen molar-refractivity contribution in [2.24, 2.45) is 0 Å². The Balaban J connectivity index is 2.28. The van der Waals surface area contributed by atoms with Crippen molar-refractivity contribution in [1.29, 1.82) is 5.26 Å². The van der Waals surface area contributed by atoms with Gasteiger partial charge in [-0.25, -0.2) is 0 Å². The standard InChI is InChI=1S/C9H6N4OS/c1-6-12-13-9(14-6)15-8-5-11-3-2-7(8)4-10/h2-3,5H,1H3. The lowest BCUT2D eigenvalue weighted by Gasteiger charge is -1.97. The largest absolute Gasteiger partial charge is 0.416 e. The zero-order valence-corrected chi connectivity index (χ0v) is 8.65. The monoisotopic (exact) mass is 218 g/mol. The Labute approximate surface area is 90.2 Å². The smallest absolute Gasteiger partial charge is 0.281 e. The number of hydrogen-bond acceptors (Lipinski definition) is 6. The molecule has 0 amide bonds. The molecule has 15 heavy (non-hydrogen) atoms. The van der Waals surface area contributed by atoms with Crippen LogP contribution in [0.3, 0.4) is 0 Å². The molecule has 2 heterocycles. The Morgan fingerprint density at radius 2 is 2.33 bits per heavy atom. The second kappa shape index (κ2) is 4.11. The average molecular weight is 218 g/mol. The number of aromatic nitrogens is 3. The first-order valence-electron chi connectivity index (χ1n) is 4.11. The molecule has 0 spiro atoms. The van der Waals surface area contributed by atoms with Crippen molar-refractivity contribution in [2.45, 2.75) is 17.0 Å². The van der Waals surface area contributed by atoms with Crippen molar-refractivity contribution >= 4 is 11.8 Å². The first-order chi connectivity index (χ1) is 7.29. The molecule has 0 aromatic carbocycles. The molecule has 0 aliphatic rings. The molecule has 0 N–H and O–H groups in total. The molecule has 2 aromatic heterocycles. The summed E-state index contributed by atoms with van der Waals surface area (Å²) >= 11 is 1.23. The van der Waals surface area contributed by atoms with Crippen molar-refractivity contribution in [3.63, 3.8) is 0 Å². The lowest BCUT2D eigenvalue weighted by molar-refractivity contribution is 0.429. The summed E-state index contributed by atoms with van der Waals surface area (Å²) < 4.78 is 5.19. The maximum atomic E-state index is 8.84. The molecule has 0 aliphatic carbocycles. The van der Waals surface area contributed by atoms with E-state index in [1.807, 2.05) is 0 Å². The molecule has 5 nitrogen and oxygen atoms in total. The molecule has 0 fully saturated rings. The van der Waals surface area contributed by atoms with Gasteiger partial charge in [-0.2, -0.15) is 5.26 Å². The summed E-state index contributed by atoms with van der Waals surface area (Å²) in [5.74, 6) is 0.500. The zero-order chi connectivity index (χ0) is 10.7. The van der Waals surface area contributed by atoms with Crippen LogP contribution in [-0.2, 0) is 0 Å². The van der Waals surface area contributed by atoms with Crippen molar-refractivity contribution in [2.75, 3.05) is 0 Å². The molecule has 0 aliphatic heterocycles. The molecule has 0 atom stereocenters. The Kier molecular flexibility index (Phi) is 2.65. The predicted octanol–water partition coefficient (Wildman–Crippen LogP) is 1.80. The Bertz CT molecular complexity index is 517. The van der Waals surface area contributed by atoms with E-state index >= 15 is 0 Å². The quantitative estimate of drug-likeness (QED) is 0.765. The highest BCUT2D eigenvalue weighted by molar-refractivity contribution is 7.99. The van der Waals surface area contributed by atoms with Gasteiger partial charge in [0, 0.05) is 19.3 Å². The van der Waals surface area contributed by atoms with E-state index in [1.165, 1.54) is 11.8 Å². The maximum Gasteiger partial charge on any atom is 0.281 e. The zero-order valence-electron chi connectivity index (χ0n) is 7.84. The summed E-state index contributed by atoms with van der Waals surface area (Å²) in [6.45, 7) is 1.71. The number of pyridine rings is 1. The van der Waals surface area contributed by atoms with Crippen LogP contribution >= 0.6 is 11.8 Å². The molecule has 0 bridgehead atoms. The number of aryl methyl sites for hydroxylation is 1. The Morgan fingerprint density at radius 3 is 3.00 bits per heavy atom. The van der Waals surface area contributed by atoms with Crippen LogP contribution in [0.15, 0.2) is 33.0 Å². The summed E-state index contributed by atoms with van der Waals surface area (Å²) in [6, 6.07) is 3.72. The third kappa shape index (κ3) is 2.14. The van der Waals surface area contributed by atoms with Crippen LogP contribution in [-0.4, -0.2) is 15.2 Å². The Hall–Kier alpha value is -1.87. The van der Waals surface area contributed by atoms with Gasteiger partial charge in [0.15, 0.2) is 0 Å². The molecule has 0 unspecified atom stereocenters. The number of nitriles is 1. The molecule has 0 saturated heterocycles. The highest BCUT2D eigenvalue weighted by Gasteiger charge is 2.08. The van der Waals surface area contributed by atoms with Crippen LogP contribution in [0.25, 0.3) is 0 Å². The highest BCUT2D eigenvalue weighted by Crippen LogP contribution is 2.27. The van der Waals surface area contributed by atoms with Crippen LogP contribution in [0, 0.1) is 18.3 Å². The molecular weight excluding hydrogens is 212 g/mol. The molecule has 2 rings (SSSR count). The van der Waals surface area contributed by atoms with Gasteiger partial charge in [0.05, 0.1) is 10.5 Å². The van der Waals surface area contributed by atoms with Gasteiger partial charge in [-0.3, -0.25) is 4.98 Å². The van der Waals surface area contributed by atoms with E-state index < -0.39 is 0 Å². The molecular formula is C9H6N4OS. The maximum absolute atomic E-state index is 8.84. The van der Waals surface area contributed by atoms with Gasteiger partial charge >= 0.3 is 0 Å². The lowest BCUT2D eigenvalue weighted by Crippen LogP contribution is -1.82. The van der Waals surface area contributed by atoms with Crippen LogP contribution in [0.5, 0.6) is 0 Å². The molecule has 2 aromatic rings. The first-order valence-corrected chi connectivity index (χ1v) is 4.93. The van der Waals surface area contributed by atoms with E-state index in [-0.39, 0.29) is 0 Å². The minimum Gasteiger partial charge on any atom is -0.416 e. The number of rotatable bonds is 2. The van der Waals surface area contributed by atoms with Gasteiger partial charge in [-0.15, -0.1) is 10.2 Å². The third-order valence-corrected chi connectivity index (χ3v) is 2.49.